The molecule has 1 fully saturated rings. The molecule has 0 unspecified atom stereocenters. The summed E-state index contributed by atoms with van der Waals surface area (Å²) in [5, 5.41) is 2.86. The van der Waals surface area contributed by atoms with Crippen LogP contribution in [0.15, 0.2) is 63.8 Å². The molecule has 0 radical (unpaired) electrons. The first-order chi connectivity index (χ1) is 18.8. The van der Waals surface area contributed by atoms with E-state index in [4.69, 9.17) is 0 Å². The Bertz CT molecular complexity index is 1870. The van der Waals surface area contributed by atoms with E-state index in [2.05, 4.69) is 15.3 Å². The van der Waals surface area contributed by atoms with Crippen molar-refractivity contribution in [2.24, 2.45) is 0 Å². The number of fused-ring (bicyclic) bond motifs is 2. The summed E-state index contributed by atoms with van der Waals surface area (Å²) in [6, 6.07) is 8.43. The first-order valence-corrected chi connectivity index (χ1v) is 13.1. The molecule has 0 atom stereocenters. The van der Waals surface area contributed by atoms with Crippen LogP contribution in [0.2, 0.25) is 0 Å². The zero-order valence-electron chi connectivity index (χ0n) is 20.2. The molecule has 3 heterocycles. The summed E-state index contributed by atoms with van der Waals surface area (Å²) in [5.41, 5.74) is 1.34. The van der Waals surface area contributed by atoms with Crippen molar-refractivity contribution < 1.29 is 18.0 Å². The Morgan fingerprint density at radius 2 is 1.74 bits per heavy atom. The van der Waals surface area contributed by atoms with Gasteiger partial charge < -0.3 is 5.32 Å². The minimum absolute atomic E-state index is 0.0457. The number of nitrogens with one attached hydrogen (secondary N) is 1. The van der Waals surface area contributed by atoms with Gasteiger partial charge in [0.1, 0.15) is 5.82 Å². The molecule has 3 aromatic heterocycles. The highest BCUT2D eigenvalue weighted by molar-refractivity contribution is 7.16. The molecule has 0 spiro atoms. The topological polar surface area (TPSA) is 98.9 Å². The van der Waals surface area contributed by atoms with Crippen LogP contribution in [-0.4, -0.2) is 31.1 Å². The van der Waals surface area contributed by atoms with Crippen molar-refractivity contribution in [3.05, 3.63) is 98.0 Å². The zero-order valence-corrected chi connectivity index (χ0v) is 21.1. The Kier molecular flexibility index (Phi) is 6.26. The van der Waals surface area contributed by atoms with Gasteiger partial charge in [0.15, 0.2) is 17.3 Å². The quantitative estimate of drug-likeness (QED) is 0.355. The summed E-state index contributed by atoms with van der Waals surface area (Å²) in [6.45, 7) is 0. The second kappa shape index (κ2) is 9.77. The molecule has 1 saturated carbocycles. The second-order valence-corrected chi connectivity index (χ2v) is 10.3. The largest absolute Gasteiger partial charge is 0.349 e. The van der Waals surface area contributed by atoms with Gasteiger partial charge in [-0.2, -0.15) is 0 Å². The van der Waals surface area contributed by atoms with E-state index in [9.17, 15) is 27.6 Å². The number of amides is 1. The molecule has 1 N–H and O–H groups in total. The van der Waals surface area contributed by atoms with E-state index >= 15 is 0 Å². The summed E-state index contributed by atoms with van der Waals surface area (Å²) in [6.07, 6.45) is 2.62. The Hall–Kier alpha value is -4.32. The Morgan fingerprint density at radius 1 is 0.949 bits per heavy atom. The smallest absolute Gasteiger partial charge is 0.337 e. The van der Waals surface area contributed by atoms with E-state index in [0.29, 0.717) is 31.2 Å². The highest BCUT2D eigenvalue weighted by Crippen LogP contribution is 2.28. The van der Waals surface area contributed by atoms with Crippen LogP contribution in [0.3, 0.4) is 0 Å². The molecule has 0 saturated heterocycles. The molecule has 0 bridgehead atoms. The number of thiazole rings is 1. The number of carbonyl (C=O) groups is 1. The predicted molar refractivity (Wildman–Crippen MR) is 140 cm³/mol. The fourth-order valence-electron chi connectivity index (χ4n) is 5.10. The van der Waals surface area contributed by atoms with Crippen LogP contribution in [0.4, 0.5) is 13.2 Å². The number of pyridine rings is 1. The lowest BCUT2D eigenvalue weighted by Crippen LogP contribution is -2.45. The van der Waals surface area contributed by atoms with Crippen molar-refractivity contribution in [2.45, 2.75) is 37.8 Å². The molecule has 0 aliphatic heterocycles. The number of hydrogen-bond acceptors (Lipinski definition) is 6. The van der Waals surface area contributed by atoms with Gasteiger partial charge >= 0.3 is 5.69 Å². The van der Waals surface area contributed by atoms with Gasteiger partial charge in [0, 0.05) is 23.7 Å². The molecule has 1 aliphatic rings. The molecule has 8 nitrogen and oxygen atoms in total. The Morgan fingerprint density at radius 3 is 2.51 bits per heavy atom. The average Bonchev–Trinajstić information content (AvgIpc) is 3.40. The average molecular weight is 552 g/mol. The lowest BCUT2D eigenvalue weighted by Gasteiger charge is -2.30. The summed E-state index contributed by atoms with van der Waals surface area (Å²) in [4.78, 5) is 47.9. The molecule has 1 amide bonds. The van der Waals surface area contributed by atoms with Gasteiger partial charge in [-0.3, -0.25) is 14.2 Å². The van der Waals surface area contributed by atoms with Crippen molar-refractivity contribution >= 4 is 38.5 Å². The fourth-order valence-corrected chi connectivity index (χ4v) is 5.82. The van der Waals surface area contributed by atoms with Crippen molar-refractivity contribution in [3.8, 4) is 5.69 Å². The summed E-state index contributed by atoms with van der Waals surface area (Å²) < 4.78 is 44.6. The van der Waals surface area contributed by atoms with Gasteiger partial charge in [-0.25, -0.2) is 32.5 Å². The highest BCUT2D eigenvalue weighted by Gasteiger charge is 2.28. The van der Waals surface area contributed by atoms with Crippen LogP contribution < -0.4 is 16.6 Å². The summed E-state index contributed by atoms with van der Waals surface area (Å²) in [7, 11) is 0. The molecular weight excluding hydrogens is 531 g/mol. The van der Waals surface area contributed by atoms with E-state index in [1.165, 1.54) is 17.4 Å². The van der Waals surface area contributed by atoms with Crippen LogP contribution in [0, 0.1) is 17.5 Å². The van der Waals surface area contributed by atoms with Gasteiger partial charge in [0.05, 0.1) is 33.0 Å². The standard InChI is InChI=1S/C27H20F3N5O3S/c28-15-10-19-24(31-12-15)34(18-6-7-20(29)21(30)11-18)27(38)35(26(19)37)17-4-2-16(3-5-17)33-25(36)14-1-8-22-23(9-14)39-13-32-22/h1,6-13,16-17H,2-5H2,(H,33,36)/t16-,17+. The maximum atomic E-state index is 14.1. The molecule has 39 heavy (non-hydrogen) atoms. The lowest BCUT2D eigenvalue weighted by atomic mass is 9.90. The fraction of sp³-hybridized carbons (Fsp3) is 0.222. The van der Waals surface area contributed by atoms with E-state index in [1.807, 2.05) is 0 Å². The van der Waals surface area contributed by atoms with Crippen LogP contribution >= 0.6 is 11.3 Å². The number of rotatable bonds is 4. The monoisotopic (exact) mass is 551 g/mol. The van der Waals surface area contributed by atoms with Crippen molar-refractivity contribution in [1.82, 2.24) is 24.4 Å². The van der Waals surface area contributed by atoms with Crippen molar-refractivity contribution in [1.29, 1.82) is 0 Å². The molecule has 5 aromatic rings. The van der Waals surface area contributed by atoms with Crippen molar-refractivity contribution in [2.75, 3.05) is 0 Å². The third-order valence-corrected chi connectivity index (χ3v) is 7.84. The summed E-state index contributed by atoms with van der Waals surface area (Å²) >= 11 is 1.45. The Balaban J connectivity index is 1.30. The number of aromatic nitrogens is 4. The molecule has 1 aliphatic carbocycles. The van der Waals surface area contributed by atoms with E-state index in [1.54, 1.807) is 23.7 Å². The molecule has 6 rings (SSSR count). The van der Waals surface area contributed by atoms with Gasteiger partial charge in [-0.05, 0) is 62.1 Å². The van der Waals surface area contributed by atoms with Crippen molar-refractivity contribution in [3.63, 3.8) is 0 Å². The number of halogens is 3. The number of carbonyl (C=O) groups excluding carboxylic acids is 1. The minimum Gasteiger partial charge on any atom is -0.349 e. The van der Waals surface area contributed by atoms with Crippen LogP contribution in [-0.2, 0) is 0 Å². The predicted octanol–water partition coefficient (Wildman–Crippen LogP) is 4.49. The maximum absolute atomic E-state index is 14.1. The maximum Gasteiger partial charge on any atom is 0.337 e. The first kappa shape index (κ1) is 25.0. The molecule has 198 valence electrons. The number of benzene rings is 2. The van der Waals surface area contributed by atoms with Crippen LogP contribution in [0.1, 0.15) is 42.1 Å². The number of nitrogens with zero attached hydrogens (tertiary/aromatic N) is 4. The molecule has 2 aromatic carbocycles. The normalized spacial score (nSPS) is 17.5. The third-order valence-electron chi connectivity index (χ3n) is 7.04. The molecule has 12 heteroatoms. The SMILES string of the molecule is O=C(N[C@H]1CC[C@@H](n2c(=O)c3cc(F)cnc3n(-c3ccc(F)c(F)c3)c2=O)CC1)c1ccc2ncsc2c1. The first-order valence-electron chi connectivity index (χ1n) is 12.2. The van der Waals surface area contributed by atoms with Gasteiger partial charge in [-0.1, -0.05) is 0 Å². The van der Waals surface area contributed by atoms with E-state index < -0.39 is 34.7 Å². The molecular formula is C27H20F3N5O3S. The van der Waals surface area contributed by atoms with Crippen LogP contribution in [0.5, 0.6) is 0 Å². The third kappa shape index (κ3) is 4.50. The van der Waals surface area contributed by atoms with E-state index in [0.717, 1.165) is 43.7 Å². The zero-order chi connectivity index (χ0) is 27.3. The Labute approximate surface area is 222 Å². The minimum atomic E-state index is -1.18. The second-order valence-electron chi connectivity index (χ2n) is 9.43. The van der Waals surface area contributed by atoms with E-state index in [-0.39, 0.29) is 28.7 Å². The highest BCUT2D eigenvalue weighted by atomic mass is 32.1. The number of hydrogen-bond donors (Lipinski definition) is 1. The van der Waals surface area contributed by atoms with Gasteiger partial charge in [0.2, 0.25) is 0 Å². The van der Waals surface area contributed by atoms with Gasteiger partial charge in [0.25, 0.3) is 11.5 Å². The summed E-state index contributed by atoms with van der Waals surface area (Å²) in [5.74, 6) is -3.28. The lowest BCUT2D eigenvalue weighted by molar-refractivity contribution is 0.0922. The van der Waals surface area contributed by atoms with Crippen LogP contribution in [0.25, 0.3) is 26.9 Å². The van der Waals surface area contributed by atoms with Gasteiger partial charge in [-0.15, -0.1) is 11.3 Å².